The molecule has 8 heteroatoms. The number of benzene rings is 2. The van der Waals surface area contributed by atoms with Gasteiger partial charge in [0.25, 0.3) is 5.91 Å². The smallest absolute Gasteiger partial charge is 0.259 e. The molecule has 0 aromatic heterocycles. The molecule has 1 amide bonds. The largest absolute Gasteiger partial charge is 0.484 e. The maximum absolute atomic E-state index is 13.7. The quantitative estimate of drug-likeness (QED) is 0.349. The van der Waals surface area contributed by atoms with Crippen LogP contribution in [0.15, 0.2) is 53.5 Å². The average Bonchev–Trinajstić information content (AvgIpc) is 2.67. The van der Waals surface area contributed by atoms with Gasteiger partial charge in [0.2, 0.25) is 0 Å². The van der Waals surface area contributed by atoms with Crippen molar-refractivity contribution in [1.82, 2.24) is 15.5 Å². The third kappa shape index (κ3) is 7.71. The van der Waals surface area contributed by atoms with E-state index >= 15 is 0 Å². The lowest BCUT2D eigenvalue weighted by atomic mass is 10.2. The summed E-state index contributed by atoms with van der Waals surface area (Å²) in [4.78, 5) is 17.2. The minimum Gasteiger partial charge on any atom is -0.484 e. The topological polar surface area (TPSA) is 66.0 Å². The maximum atomic E-state index is 13.7. The zero-order chi connectivity index (χ0) is 19.6. The van der Waals surface area contributed by atoms with E-state index in [-0.39, 0.29) is 42.3 Å². The fraction of sp³-hybridized carbons (Fsp3) is 0.300. The standard InChI is InChI=1S/C20H25FN4O2.HI/c1-22-20(24-13-16-8-4-5-10-18(16)21)23-12-15-7-6-9-17(11-15)27-14-19(26)25(2)3;/h4-11H,12-14H2,1-3H3,(H2,22,23,24);1H. The summed E-state index contributed by atoms with van der Waals surface area (Å²) in [6, 6.07) is 14.1. The van der Waals surface area contributed by atoms with Gasteiger partial charge in [-0.05, 0) is 23.8 Å². The van der Waals surface area contributed by atoms with Gasteiger partial charge in [-0.15, -0.1) is 24.0 Å². The van der Waals surface area contributed by atoms with Crippen molar-refractivity contribution in [3.63, 3.8) is 0 Å². The van der Waals surface area contributed by atoms with Crippen molar-refractivity contribution >= 4 is 35.8 Å². The number of carbonyl (C=O) groups is 1. The number of amides is 1. The van der Waals surface area contributed by atoms with E-state index in [0.29, 0.717) is 30.4 Å². The third-order valence-electron chi connectivity index (χ3n) is 3.85. The van der Waals surface area contributed by atoms with Crippen LogP contribution in [0.25, 0.3) is 0 Å². The van der Waals surface area contributed by atoms with Crippen LogP contribution in [-0.2, 0) is 17.9 Å². The van der Waals surface area contributed by atoms with Crippen LogP contribution < -0.4 is 15.4 Å². The Balaban J connectivity index is 0.00000392. The molecule has 0 aliphatic rings. The molecule has 2 N–H and O–H groups in total. The number of halogens is 2. The van der Waals surface area contributed by atoms with E-state index in [1.807, 2.05) is 18.2 Å². The second kappa shape index (κ2) is 12.2. The highest BCUT2D eigenvalue weighted by Crippen LogP contribution is 2.13. The maximum Gasteiger partial charge on any atom is 0.259 e. The molecule has 152 valence electrons. The lowest BCUT2D eigenvalue weighted by Gasteiger charge is -2.14. The van der Waals surface area contributed by atoms with Crippen molar-refractivity contribution in [2.75, 3.05) is 27.7 Å². The Bertz CT molecular complexity index is 799. The summed E-state index contributed by atoms with van der Waals surface area (Å²) in [5.41, 5.74) is 1.54. The number of hydrogen-bond acceptors (Lipinski definition) is 3. The summed E-state index contributed by atoms with van der Waals surface area (Å²) < 4.78 is 19.2. The van der Waals surface area contributed by atoms with Crippen LogP contribution in [0, 0.1) is 5.82 Å². The van der Waals surface area contributed by atoms with Crippen LogP contribution in [0.4, 0.5) is 4.39 Å². The number of aliphatic imine (C=N–C) groups is 1. The first-order chi connectivity index (χ1) is 13.0. The molecule has 2 rings (SSSR count). The first kappa shape index (κ1) is 23.7. The van der Waals surface area contributed by atoms with Crippen molar-refractivity contribution in [2.45, 2.75) is 13.1 Å². The molecule has 0 saturated carbocycles. The second-order valence-electron chi connectivity index (χ2n) is 6.09. The molecule has 0 saturated heterocycles. The van der Waals surface area contributed by atoms with E-state index in [2.05, 4.69) is 15.6 Å². The molecule has 0 heterocycles. The Hall–Kier alpha value is -2.36. The van der Waals surface area contributed by atoms with E-state index in [1.54, 1.807) is 45.4 Å². The fourth-order valence-corrected chi connectivity index (χ4v) is 2.25. The Morgan fingerprint density at radius 2 is 1.82 bits per heavy atom. The average molecular weight is 500 g/mol. The van der Waals surface area contributed by atoms with Gasteiger partial charge in [0.1, 0.15) is 11.6 Å². The first-order valence-electron chi connectivity index (χ1n) is 8.59. The van der Waals surface area contributed by atoms with Gasteiger partial charge in [0.15, 0.2) is 12.6 Å². The Morgan fingerprint density at radius 1 is 1.11 bits per heavy atom. The normalized spacial score (nSPS) is 10.6. The monoisotopic (exact) mass is 500 g/mol. The predicted octanol–water partition coefficient (Wildman–Crippen LogP) is 2.78. The van der Waals surface area contributed by atoms with Crippen molar-refractivity contribution < 1.29 is 13.9 Å². The number of hydrogen-bond donors (Lipinski definition) is 2. The molecule has 2 aromatic rings. The lowest BCUT2D eigenvalue weighted by Crippen LogP contribution is -2.36. The summed E-state index contributed by atoms with van der Waals surface area (Å²) >= 11 is 0. The third-order valence-corrected chi connectivity index (χ3v) is 3.85. The molecular weight excluding hydrogens is 474 g/mol. The highest BCUT2D eigenvalue weighted by Gasteiger charge is 2.06. The summed E-state index contributed by atoms with van der Waals surface area (Å²) in [5.74, 6) is 0.833. The molecule has 6 nitrogen and oxygen atoms in total. The number of carbonyl (C=O) groups excluding carboxylic acids is 1. The number of rotatable bonds is 7. The van der Waals surface area contributed by atoms with E-state index in [0.717, 1.165) is 5.56 Å². The zero-order valence-corrected chi connectivity index (χ0v) is 18.6. The number of guanidine groups is 1. The molecule has 0 aliphatic carbocycles. The number of nitrogens with zero attached hydrogens (tertiary/aromatic N) is 2. The summed E-state index contributed by atoms with van der Waals surface area (Å²) in [6.07, 6.45) is 0. The molecule has 0 unspecified atom stereocenters. The van der Waals surface area contributed by atoms with Gasteiger partial charge >= 0.3 is 0 Å². The Labute approximate surface area is 182 Å². The zero-order valence-electron chi connectivity index (χ0n) is 16.2. The summed E-state index contributed by atoms with van der Waals surface area (Å²) in [7, 11) is 5.03. The van der Waals surface area contributed by atoms with E-state index in [9.17, 15) is 9.18 Å². The molecular formula is C20H26FIN4O2. The molecule has 2 aromatic carbocycles. The minimum atomic E-state index is -0.252. The summed E-state index contributed by atoms with van der Waals surface area (Å²) in [5, 5.41) is 6.25. The number of ether oxygens (including phenoxy) is 1. The van der Waals surface area contributed by atoms with E-state index in [1.165, 1.54) is 11.0 Å². The molecule has 0 radical (unpaired) electrons. The van der Waals surface area contributed by atoms with Crippen LogP contribution in [0.5, 0.6) is 5.75 Å². The molecule has 0 aliphatic heterocycles. The van der Waals surface area contributed by atoms with E-state index in [4.69, 9.17) is 4.74 Å². The Kier molecular flexibility index (Phi) is 10.3. The summed E-state index contributed by atoms with van der Waals surface area (Å²) in [6.45, 7) is 0.841. The Morgan fingerprint density at radius 3 is 2.50 bits per heavy atom. The molecule has 0 atom stereocenters. The lowest BCUT2D eigenvalue weighted by molar-refractivity contribution is -0.130. The van der Waals surface area contributed by atoms with Crippen LogP contribution in [-0.4, -0.2) is 44.5 Å². The predicted molar refractivity (Wildman–Crippen MR) is 119 cm³/mol. The SMILES string of the molecule is CN=C(NCc1cccc(OCC(=O)N(C)C)c1)NCc1ccccc1F.I. The number of nitrogens with one attached hydrogen (secondary N) is 2. The first-order valence-corrected chi connectivity index (χ1v) is 8.59. The van der Waals surface area contributed by atoms with Gasteiger partial charge in [-0.3, -0.25) is 9.79 Å². The minimum absolute atomic E-state index is 0. The second-order valence-corrected chi connectivity index (χ2v) is 6.09. The van der Waals surface area contributed by atoms with Crippen molar-refractivity contribution in [3.8, 4) is 5.75 Å². The van der Waals surface area contributed by atoms with Gasteiger partial charge in [-0.1, -0.05) is 30.3 Å². The molecule has 28 heavy (non-hydrogen) atoms. The highest BCUT2D eigenvalue weighted by atomic mass is 127. The van der Waals surface area contributed by atoms with Gasteiger partial charge in [-0.25, -0.2) is 4.39 Å². The van der Waals surface area contributed by atoms with Gasteiger partial charge in [0, 0.05) is 39.8 Å². The van der Waals surface area contributed by atoms with Crippen LogP contribution in [0.2, 0.25) is 0 Å². The highest BCUT2D eigenvalue weighted by molar-refractivity contribution is 14.0. The van der Waals surface area contributed by atoms with Gasteiger partial charge < -0.3 is 20.3 Å². The van der Waals surface area contributed by atoms with Crippen molar-refractivity contribution in [3.05, 3.63) is 65.5 Å². The number of likely N-dealkylation sites (N-methyl/N-ethyl adjacent to an activating group) is 1. The molecule has 0 bridgehead atoms. The van der Waals surface area contributed by atoms with Gasteiger partial charge in [-0.2, -0.15) is 0 Å². The van der Waals surface area contributed by atoms with Crippen LogP contribution in [0.3, 0.4) is 0 Å². The molecule has 0 spiro atoms. The van der Waals surface area contributed by atoms with Crippen molar-refractivity contribution in [2.24, 2.45) is 4.99 Å². The van der Waals surface area contributed by atoms with Gasteiger partial charge in [0.05, 0.1) is 0 Å². The fourth-order valence-electron chi connectivity index (χ4n) is 2.25. The van der Waals surface area contributed by atoms with Crippen LogP contribution in [0.1, 0.15) is 11.1 Å². The molecule has 0 fully saturated rings. The van der Waals surface area contributed by atoms with E-state index < -0.39 is 0 Å². The van der Waals surface area contributed by atoms with Crippen molar-refractivity contribution in [1.29, 1.82) is 0 Å². The van der Waals surface area contributed by atoms with Crippen LogP contribution >= 0.6 is 24.0 Å².